The molecule has 0 aliphatic heterocycles. The van der Waals surface area contributed by atoms with E-state index in [1.807, 2.05) is 17.8 Å². The molecule has 1 aromatic carbocycles. The highest BCUT2D eigenvalue weighted by molar-refractivity contribution is 5.82. The number of rotatable bonds is 3. The maximum absolute atomic E-state index is 5.68. The van der Waals surface area contributed by atoms with Crippen molar-refractivity contribution in [2.45, 2.75) is 13.3 Å². The molecule has 19 heavy (non-hydrogen) atoms. The van der Waals surface area contributed by atoms with E-state index in [0.717, 1.165) is 34.4 Å². The highest BCUT2D eigenvalue weighted by Gasteiger charge is 2.14. The summed E-state index contributed by atoms with van der Waals surface area (Å²) in [5.74, 6) is 0. The zero-order chi connectivity index (χ0) is 13.4. The zero-order valence-electron chi connectivity index (χ0n) is 11.1. The molecule has 0 atom stereocenters. The summed E-state index contributed by atoms with van der Waals surface area (Å²) in [6, 6.07) is 6.24. The minimum Gasteiger partial charge on any atom is -0.345 e. The Kier molecular flexibility index (Phi) is 2.83. The number of aromatic nitrogens is 4. The van der Waals surface area contributed by atoms with E-state index < -0.39 is 0 Å². The maximum Gasteiger partial charge on any atom is 0.0931 e. The van der Waals surface area contributed by atoms with Crippen LogP contribution in [-0.4, -0.2) is 26.3 Å². The van der Waals surface area contributed by atoms with Gasteiger partial charge in [0.15, 0.2) is 0 Å². The van der Waals surface area contributed by atoms with E-state index in [1.54, 1.807) is 6.33 Å². The number of benzene rings is 1. The van der Waals surface area contributed by atoms with Gasteiger partial charge in [-0.15, -0.1) is 0 Å². The lowest BCUT2D eigenvalue weighted by Crippen LogP contribution is -2.04. The molecule has 5 heteroatoms. The van der Waals surface area contributed by atoms with Gasteiger partial charge < -0.3 is 10.7 Å². The average Bonchev–Trinajstić information content (AvgIpc) is 2.95. The standard InChI is InChI=1S/C14H17N5/c1-9-14(12(5-6-15)18-19(9)2)10-3-4-11-13(7-10)17-8-16-11/h3-4,7-8H,5-6,15H2,1-2H3,(H,16,17). The molecular formula is C14H17N5. The first kappa shape index (κ1) is 11.9. The van der Waals surface area contributed by atoms with Gasteiger partial charge in [0.25, 0.3) is 0 Å². The molecule has 2 aromatic heterocycles. The van der Waals surface area contributed by atoms with E-state index in [-0.39, 0.29) is 0 Å². The van der Waals surface area contributed by atoms with Crippen molar-refractivity contribution in [1.29, 1.82) is 0 Å². The molecule has 0 fully saturated rings. The fourth-order valence-electron chi connectivity index (χ4n) is 2.46. The maximum atomic E-state index is 5.68. The van der Waals surface area contributed by atoms with Gasteiger partial charge in [0.2, 0.25) is 0 Å². The molecule has 0 aliphatic rings. The lowest BCUT2D eigenvalue weighted by Gasteiger charge is -2.04. The molecule has 0 amide bonds. The quantitative estimate of drug-likeness (QED) is 0.749. The molecular weight excluding hydrogens is 238 g/mol. The summed E-state index contributed by atoms with van der Waals surface area (Å²) >= 11 is 0. The molecule has 0 saturated heterocycles. The third kappa shape index (κ3) is 1.92. The van der Waals surface area contributed by atoms with Crippen LogP contribution in [0.1, 0.15) is 11.4 Å². The van der Waals surface area contributed by atoms with Crippen molar-refractivity contribution >= 4 is 11.0 Å². The highest BCUT2D eigenvalue weighted by atomic mass is 15.3. The van der Waals surface area contributed by atoms with Gasteiger partial charge in [-0.3, -0.25) is 4.68 Å². The van der Waals surface area contributed by atoms with Crippen LogP contribution < -0.4 is 5.73 Å². The summed E-state index contributed by atoms with van der Waals surface area (Å²) in [4.78, 5) is 7.39. The number of H-pyrrole nitrogens is 1. The van der Waals surface area contributed by atoms with Gasteiger partial charge in [-0.1, -0.05) is 6.07 Å². The van der Waals surface area contributed by atoms with E-state index in [1.165, 1.54) is 5.56 Å². The third-order valence-corrected chi connectivity index (χ3v) is 3.50. The van der Waals surface area contributed by atoms with Gasteiger partial charge in [-0.05, 0) is 31.2 Å². The van der Waals surface area contributed by atoms with Crippen LogP contribution in [-0.2, 0) is 13.5 Å². The predicted octanol–water partition coefficient (Wildman–Crippen LogP) is 1.77. The van der Waals surface area contributed by atoms with E-state index in [9.17, 15) is 0 Å². The third-order valence-electron chi connectivity index (χ3n) is 3.50. The Morgan fingerprint density at radius 1 is 1.37 bits per heavy atom. The zero-order valence-corrected chi connectivity index (χ0v) is 11.1. The predicted molar refractivity (Wildman–Crippen MR) is 75.8 cm³/mol. The van der Waals surface area contributed by atoms with Crippen LogP contribution in [0.25, 0.3) is 22.2 Å². The van der Waals surface area contributed by atoms with Crippen LogP contribution in [0, 0.1) is 6.92 Å². The monoisotopic (exact) mass is 255 g/mol. The molecule has 98 valence electrons. The highest BCUT2D eigenvalue weighted by Crippen LogP contribution is 2.29. The number of aryl methyl sites for hydroxylation is 1. The smallest absolute Gasteiger partial charge is 0.0931 e. The second kappa shape index (κ2) is 4.51. The Balaban J connectivity index is 2.19. The summed E-state index contributed by atoms with van der Waals surface area (Å²) in [6.45, 7) is 2.69. The number of aromatic amines is 1. The molecule has 0 spiro atoms. The average molecular weight is 255 g/mol. The number of fused-ring (bicyclic) bond motifs is 1. The normalized spacial score (nSPS) is 11.3. The Bertz CT molecular complexity index is 723. The lowest BCUT2D eigenvalue weighted by atomic mass is 10.0. The van der Waals surface area contributed by atoms with Gasteiger partial charge in [0.1, 0.15) is 0 Å². The molecule has 3 N–H and O–H groups in total. The van der Waals surface area contributed by atoms with Gasteiger partial charge in [0.05, 0.1) is 23.1 Å². The van der Waals surface area contributed by atoms with Crippen molar-refractivity contribution in [3.63, 3.8) is 0 Å². The van der Waals surface area contributed by atoms with Crippen molar-refractivity contribution in [2.24, 2.45) is 12.8 Å². The van der Waals surface area contributed by atoms with E-state index in [0.29, 0.717) is 6.54 Å². The van der Waals surface area contributed by atoms with Gasteiger partial charge >= 0.3 is 0 Å². The van der Waals surface area contributed by atoms with Crippen molar-refractivity contribution in [1.82, 2.24) is 19.7 Å². The number of hydrogen-bond acceptors (Lipinski definition) is 3. The molecule has 3 rings (SSSR count). The molecule has 0 radical (unpaired) electrons. The van der Waals surface area contributed by atoms with Gasteiger partial charge in [-0.25, -0.2) is 4.98 Å². The number of nitrogens with one attached hydrogen (secondary N) is 1. The number of nitrogens with zero attached hydrogens (tertiary/aromatic N) is 3. The summed E-state index contributed by atoms with van der Waals surface area (Å²) in [7, 11) is 1.97. The number of imidazole rings is 1. The van der Waals surface area contributed by atoms with Gasteiger partial charge in [0, 0.05) is 24.7 Å². The van der Waals surface area contributed by atoms with Crippen LogP contribution in [0.4, 0.5) is 0 Å². The summed E-state index contributed by atoms with van der Waals surface area (Å²) in [5.41, 5.74) is 12.2. The van der Waals surface area contributed by atoms with Gasteiger partial charge in [-0.2, -0.15) is 5.10 Å². The molecule has 5 nitrogen and oxygen atoms in total. The van der Waals surface area contributed by atoms with Crippen LogP contribution in [0.5, 0.6) is 0 Å². The molecule has 3 aromatic rings. The van der Waals surface area contributed by atoms with E-state index >= 15 is 0 Å². The first-order valence-electron chi connectivity index (χ1n) is 6.36. The number of nitrogens with two attached hydrogens (primary N) is 1. The van der Waals surface area contributed by atoms with Crippen LogP contribution in [0.3, 0.4) is 0 Å². The second-order valence-electron chi connectivity index (χ2n) is 4.70. The summed E-state index contributed by atoms with van der Waals surface area (Å²) < 4.78 is 1.91. The van der Waals surface area contributed by atoms with E-state index in [2.05, 4.69) is 34.1 Å². The topological polar surface area (TPSA) is 72.5 Å². The second-order valence-corrected chi connectivity index (χ2v) is 4.70. The Morgan fingerprint density at radius 3 is 3.00 bits per heavy atom. The summed E-state index contributed by atoms with van der Waals surface area (Å²) in [6.07, 6.45) is 2.50. The Morgan fingerprint density at radius 2 is 2.21 bits per heavy atom. The minimum atomic E-state index is 0.607. The van der Waals surface area contributed by atoms with Crippen molar-refractivity contribution in [2.75, 3.05) is 6.54 Å². The molecule has 0 unspecified atom stereocenters. The fourth-order valence-corrected chi connectivity index (χ4v) is 2.46. The number of hydrogen-bond donors (Lipinski definition) is 2. The van der Waals surface area contributed by atoms with Crippen LogP contribution in [0.2, 0.25) is 0 Å². The molecule has 0 aliphatic carbocycles. The Labute approximate surface area is 111 Å². The SMILES string of the molecule is Cc1c(-c2ccc3nc[nH]c3c2)c(CCN)nn1C. The molecule has 2 heterocycles. The van der Waals surface area contributed by atoms with Crippen molar-refractivity contribution in [3.05, 3.63) is 35.9 Å². The first-order valence-corrected chi connectivity index (χ1v) is 6.36. The fraction of sp³-hybridized carbons (Fsp3) is 0.286. The molecule has 0 saturated carbocycles. The first-order chi connectivity index (χ1) is 9.20. The van der Waals surface area contributed by atoms with Crippen LogP contribution >= 0.6 is 0 Å². The molecule has 0 bridgehead atoms. The van der Waals surface area contributed by atoms with Crippen LogP contribution in [0.15, 0.2) is 24.5 Å². The minimum absolute atomic E-state index is 0.607. The largest absolute Gasteiger partial charge is 0.345 e. The van der Waals surface area contributed by atoms with Crippen molar-refractivity contribution in [3.8, 4) is 11.1 Å². The van der Waals surface area contributed by atoms with Crippen molar-refractivity contribution < 1.29 is 0 Å². The van der Waals surface area contributed by atoms with E-state index in [4.69, 9.17) is 5.73 Å². The Hall–Kier alpha value is -2.14. The lowest BCUT2D eigenvalue weighted by molar-refractivity contribution is 0.718. The summed E-state index contributed by atoms with van der Waals surface area (Å²) in [5, 5.41) is 4.55.